The lowest BCUT2D eigenvalue weighted by molar-refractivity contribution is -0.123. The maximum atomic E-state index is 11.8. The SMILES string of the molecule is COc1ccccc1OCC(=O)N/N=C/c1ccc(-c2ccc(C#N)cc2)o1. The van der Waals surface area contributed by atoms with Gasteiger partial charge in [0.1, 0.15) is 11.5 Å². The molecule has 0 aliphatic heterocycles. The molecule has 0 radical (unpaired) electrons. The second-order valence-corrected chi connectivity index (χ2v) is 5.62. The van der Waals surface area contributed by atoms with Gasteiger partial charge in [0.05, 0.1) is 25.0 Å². The number of benzene rings is 2. The van der Waals surface area contributed by atoms with E-state index in [9.17, 15) is 4.79 Å². The topological polar surface area (TPSA) is 96.9 Å². The van der Waals surface area contributed by atoms with Crippen LogP contribution in [0, 0.1) is 11.3 Å². The second kappa shape index (κ2) is 9.05. The van der Waals surface area contributed by atoms with Crippen LogP contribution in [-0.2, 0) is 4.79 Å². The molecule has 7 heteroatoms. The molecule has 0 unspecified atom stereocenters. The van der Waals surface area contributed by atoms with Crippen molar-refractivity contribution >= 4 is 12.1 Å². The third-order valence-corrected chi connectivity index (χ3v) is 3.73. The number of hydrogen-bond donors (Lipinski definition) is 1. The molecule has 3 rings (SSSR count). The van der Waals surface area contributed by atoms with Crippen molar-refractivity contribution in [1.82, 2.24) is 5.43 Å². The highest BCUT2D eigenvalue weighted by atomic mass is 16.5. The van der Waals surface area contributed by atoms with Crippen LogP contribution in [0.25, 0.3) is 11.3 Å². The van der Waals surface area contributed by atoms with Crippen LogP contribution in [0.3, 0.4) is 0 Å². The number of carbonyl (C=O) groups is 1. The molecule has 28 heavy (non-hydrogen) atoms. The number of rotatable bonds is 7. The number of nitriles is 1. The van der Waals surface area contributed by atoms with Gasteiger partial charge in [-0.1, -0.05) is 12.1 Å². The molecule has 140 valence electrons. The highest BCUT2D eigenvalue weighted by Gasteiger charge is 2.07. The molecule has 0 aliphatic carbocycles. The van der Waals surface area contributed by atoms with Crippen molar-refractivity contribution in [1.29, 1.82) is 5.26 Å². The van der Waals surface area contributed by atoms with Gasteiger partial charge in [-0.15, -0.1) is 0 Å². The van der Waals surface area contributed by atoms with E-state index in [1.54, 1.807) is 54.6 Å². The molecule has 0 atom stereocenters. The van der Waals surface area contributed by atoms with Gasteiger partial charge in [-0.2, -0.15) is 10.4 Å². The van der Waals surface area contributed by atoms with Crippen molar-refractivity contribution in [2.45, 2.75) is 0 Å². The van der Waals surface area contributed by atoms with Gasteiger partial charge in [0.2, 0.25) is 0 Å². The van der Waals surface area contributed by atoms with Gasteiger partial charge in [-0.05, 0) is 48.5 Å². The Morgan fingerprint density at radius 2 is 1.89 bits per heavy atom. The predicted molar refractivity (Wildman–Crippen MR) is 103 cm³/mol. The fraction of sp³-hybridized carbons (Fsp3) is 0.0952. The first kappa shape index (κ1) is 18.7. The Bertz CT molecular complexity index is 1020. The number of para-hydroxylation sites is 2. The molecule has 3 aromatic rings. The summed E-state index contributed by atoms with van der Waals surface area (Å²) in [6.45, 7) is -0.202. The molecule has 1 amide bonds. The average molecular weight is 375 g/mol. The van der Waals surface area contributed by atoms with Crippen molar-refractivity contribution in [3.8, 4) is 28.9 Å². The van der Waals surface area contributed by atoms with Crippen LogP contribution in [0.4, 0.5) is 0 Å². The zero-order valence-corrected chi connectivity index (χ0v) is 15.1. The number of carbonyl (C=O) groups excluding carboxylic acids is 1. The standard InChI is InChI=1S/C21H17N3O4/c1-26-19-4-2-3-5-20(19)27-14-21(25)24-23-13-17-10-11-18(28-17)16-8-6-15(12-22)7-9-16/h2-11,13H,14H2,1H3,(H,24,25)/b23-13+. The van der Waals surface area contributed by atoms with E-state index in [0.717, 1.165) is 5.56 Å². The van der Waals surface area contributed by atoms with Crippen molar-refractivity contribution in [3.63, 3.8) is 0 Å². The Morgan fingerprint density at radius 1 is 1.14 bits per heavy atom. The fourth-order valence-electron chi connectivity index (χ4n) is 2.37. The zero-order valence-electron chi connectivity index (χ0n) is 15.1. The molecule has 7 nitrogen and oxygen atoms in total. The Labute approximate surface area is 161 Å². The van der Waals surface area contributed by atoms with Crippen molar-refractivity contribution in [3.05, 3.63) is 72.0 Å². The van der Waals surface area contributed by atoms with Gasteiger partial charge in [-0.3, -0.25) is 4.79 Å². The summed E-state index contributed by atoms with van der Waals surface area (Å²) in [6.07, 6.45) is 1.40. The summed E-state index contributed by atoms with van der Waals surface area (Å²) >= 11 is 0. The lowest BCUT2D eigenvalue weighted by atomic mass is 10.1. The minimum absolute atomic E-state index is 0.202. The van der Waals surface area contributed by atoms with Crippen molar-refractivity contribution in [2.24, 2.45) is 5.10 Å². The molecule has 0 saturated heterocycles. The summed E-state index contributed by atoms with van der Waals surface area (Å²) in [7, 11) is 1.53. The van der Waals surface area contributed by atoms with Crippen LogP contribution in [-0.4, -0.2) is 25.8 Å². The Hall–Kier alpha value is -4.05. The van der Waals surface area contributed by atoms with Gasteiger partial charge in [-0.25, -0.2) is 5.43 Å². The number of amides is 1. The number of nitrogens with one attached hydrogen (secondary N) is 1. The number of nitrogens with zero attached hydrogens (tertiary/aromatic N) is 2. The minimum atomic E-state index is -0.416. The molecule has 0 fully saturated rings. The zero-order chi connectivity index (χ0) is 19.8. The number of methoxy groups -OCH3 is 1. The maximum Gasteiger partial charge on any atom is 0.277 e. The van der Waals surface area contributed by atoms with Gasteiger partial charge in [0.25, 0.3) is 5.91 Å². The van der Waals surface area contributed by atoms with E-state index < -0.39 is 5.91 Å². The van der Waals surface area contributed by atoms with E-state index in [4.69, 9.17) is 19.2 Å². The highest BCUT2D eigenvalue weighted by molar-refractivity contribution is 5.81. The maximum absolute atomic E-state index is 11.8. The van der Waals surface area contributed by atoms with Crippen molar-refractivity contribution < 1.29 is 18.7 Å². The molecule has 0 saturated carbocycles. The number of hydrogen-bond acceptors (Lipinski definition) is 6. The minimum Gasteiger partial charge on any atom is -0.493 e. The summed E-state index contributed by atoms with van der Waals surface area (Å²) in [4.78, 5) is 11.8. The second-order valence-electron chi connectivity index (χ2n) is 5.62. The monoisotopic (exact) mass is 375 g/mol. The first-order valence-corrected chi connectivity index (χ1v) is 8.37. The summed E-state index contributed by atoms with van der Waals surface area (Å²) in [5.41, 5.74) is 3.79. The van der Waals surface area contributed by atoms with Crippen LogP contribution in [0.5, 0.6) is 11.5 Å². The van der Waals surface area contributed by atoms with Crippen molar-refractivity contribution in [2.75, 3.05) is 13.7 Å². The Kier molecular flexibility index (Phi) is 6.06. The lowest BCUT2D eigenvalue weighted by Gasteiger charge is -2.08. The fourth-order valence-corrected chi connectivity index (χ4v) is 2.37. The average Bonchev–Trinajstić information content (AvgIpc) is 3.21. The van der Waals surface area contributed by atoms with Crippen LogP contribution < -0.4 is 14.9 Å². The van der Waals surface area contributed by atoms with E-state index in [1.807, 2.05) is 6.07 Å². The third kappa shape index (κ3) is 4.77. The predicted octanol–water partition coefficient (Wildman–Crippen LogP) is 3.36. The molecular weight excluding hydrogens is 358 g/mol. The number of ether oxygens (including phenoxy) is 2. The summed E-state index contributed by atoms with van der Waals surface area (Å²) in [6, 6.07) is 19.7. The molecule has 0 aliphatic rings. The summed E-state index contributed by atoms with van der Waals surface area (Å²) in [5, 5.41) is 12.7. The first-order valence-electron chi connectivity index (χ1n) is 8.37. The molecule has 1 heterocycles. The Balaban J connectivity index is 1.52. The van der Waals surface area contributed by atoms with Crippen LogP contribution in [0.15, 0.2) is 70.2 Å². The van der Waals surface area contributed by atoms with Crippen LogP contribution in [0.1, 0.15) is 11.3 Å². The third-order valence-electron chi connectivity index (χ3n) is 3.73. The van der Waals surface area contributed by atoms with E-state index in [-0.39, 0.29) is 6.61 Å². The highest BCUT2D eigenvalue weighted by Crippen LogP contribution is 2.25. The van der Waals surface area contributed by atoms with E-state index in [2.05, 4.69) is 16.6 Å². The van der Waals surface area contributed by atoms with Crippen LogP contribution >= 0.6 is 0 Å². The molecule has 0 bridgehead atoms. The van der Waals surface area contributed by atoms with Gasteiger partial charge in [0, 0.05) is 5.56 Å². The number of furan rings is 1. The first-order chi connectivity index (χ1) is 13.7. The Morgan fingerprint density at radius 3 is 2.61 bits per heavy atom. The lowest BCUT2D eigenvalue weighted by Crippen LogP contribution is -2.24. The van der Waals surface area contributed by atoms with E-state index >= 15 is 0 Å². The summed E-state index contributed by atoms with van der Waals surface area (Å²) in [5.74, 6) is 1.72. The van der Waals surface area contributed by atoms with Gasteiger partial charge in [0.15, 0.2) is 18.1 Å². The molecule has 1 N–H and O–H groups in total. The van der Waals surface area contributed by atoms with Gasteiger partial charge < -0.3 is 13.9 Å². The largest absolute Gasteiger partial charge is 0.493 e. The van der Waals surface area contributed by atoms with Crippen LogP contribution in [0.2, 0.25) is 0 Å². The van der Waals surface area contributed by atoms with E-state index in [1.165, 1.54) is 13.3 Å². The smallest absolute Gasteiger partial charge is 0.277 e. The van der Waals surface area contributed by atoms with E-state index in [0.29, 0.717) is 28.6 Å². The molecule has 0 spiro atoms. The molecule has 2 aromatic carbocycles. The van der Waals surface area contributed by atoms with Gasteiger partial charge >= 0.3 is 0 Å². The molecule has 1 aromatic heterocycles. The normalized spacial score (nSPS) is 10.4. The molecular formula is C21H17N3O4. The quantitative estimate of drug-likeness (QED) is 0.504. The summed E-state index contributed by atoms with van der Waals surface area (Å²) < 4.78 is 16.2. The number of hydrazone groups is 1.